The number of hydrogen-bond donors (Lipinski definition) is 1. The maximum Gasteiger partial charge on any atom is 0.255 e. The van der Waals surface area contributed by atoms with E-state index in [1.54, 1.807) is 6.20 Å². The van der Waals surface area contributed by atoms with Gasteiger partial charge in [-0.05, 0) is 22.9 Å². The summed E-state index contributed by atoms with van der Waals surface area (Å²) in [5, 5.41) is 0.646. The fourth-order valence-corrected chi connectivity index (χ4v) is 2.65. The molecule has 3 nitrogen and oxygen atoms in total. The van der Waals surface area contributed by atoms with Crippen molar-refractivity contribution in [1.29, 1.82) is 0 Å². The predicted molar refractivity (Wildman–Crippen MR) is 91.3 cm³/mol. The Morgan fingerprint density at radius 2 is 1.68 bits per heavy atom. The van der Waals surface area contributed by atoms with Gasteiger partial charge in [0.15, 0.2) is 5.16 Å². The first-order valence-corrected chi connectivity index (χ1v) is 8.25. The molecule has 1 heterocycles. The predicted octanol–water partition coefficient (Wildman–Crippen LogP) is 3.75. The minimum atomic E-state index is -0.0634. The minimum Gasteiger partial charge on any atom is -0.301 e. The van der Waals surface area contributed by atoms with Crippen LogP contribution in [0.25, 0.3) is 11.1 Å². The number of nitrogens with zero attached hydrogens (tertiary/aromatic N) is 1. The molecule has 0 fully saturated rings. The summed E-state index contributed by atoms with van der Waals surface area (Å²) in [4.78, 5) is 19.0. The molecule has 0 aliphatic heterocycles. The number of H-pyrrole nitrogens is 1. The first-order chi connectivity index (χ1) is 10.8. The highest BCUT2D eigenvalue weighted by atomic mass is 32.2. The van der Waals surface area contributed by atoms with Crippen LogP contribution in [0.2, 0.25) is 0 Å². The summed E-state index contributed by atoms with van der Waals surface area (Å²) < 4.78 is 0. The zero-order valence-corrected chi connectivity index (χ0v) is 13.1. The lowest BCUT2D eigenvalue weighted by Gasteiger charge is -2.05. The molecule has 0 radical (unpaired) electrons. The Morgan fingerprint density at radius 3 is 2.32 bits per heavy atom. The van der Waals surface area contributed by atoms with Gasteiger partial charge in [-0.1, -0.05) is 66.4 Å². The SMILES string of the molecule is CSc1ncc(Cc2ccc(-c3ccccc3)cc2)c(=O)[nH]1. The molecule has 1 N–H and O–H groups in total. The number of rotatable bonds is 4. The molecule has 0 aliphatic rings. The monoisotopic (exact) mass is 308 g/mol. The summed E-state index contributed by atoms with van der Waals surface area (Å²) in [6.45, 7) is 0. The van der Waals surface area contributed by atoms with Gasteiger partial charge in [-0.15, -0.1) is 0 Å². The van der Waals surface area contributed by atoms with Crippen LogP contribution in [0.3, 0.4) is 0 Å². The van der Waals surface area contributed by atoms with Crippen molar-refractivity contribution in [2.75, 3.05) is 6.26 Å². The third-order valence-corrected chi connectivity index (χ3v) is 4.09. The fraction of sp³-hybridized carbons (Fsp3) is 0.111. The van der Waals surface area contributed by atoms with Crippen LogP contribution in [0.5, 0.6) is 0 Å². The second-order valence-electron chi connectivity index (χ2n) is 4.99. The Hall–Kier alpha value is -2.33. The van der Waals surface area contributed by atoms with Gasteiger partial charge in [0.1, 0.15) is 0 Å². The van der Waals surface area contributed by atoms with Gasteiger partial charge in [0.2, 0.25) is 0 Å². The van der Waals surface area contributed by atoms with Gasteiger partial charge in [0.25, 0.3) is 5.56 Å². The average molecular weight is 308 g/mol. The molecule has 4 heteroatoms. The van der Waals surface area contributed by atoms with Crippen LogP contribution in [0, 0.1) is 0 Å². The summed E-state index contributed by atoms with van der Waals surface area (Å²) >= 11 is 1.43. The van der Waals surface area contributed by atoms with Crippen LogP contribution >= 0.6 is 11.8 Å². The van der Waals surface area contributed by atoms with Crippen molar-refractivity contribution in [3.05, 3.63) is 82.3 Å². The maximum atomic E-state index is 12.0. The van der Waals surface area contributed by atoms with Crippen LogP contribution in [-0.4, -0.2) is 16.2 Å². The molecule has 0 atom stereocenters. The Balaban J connectivity index is 1.81. The Bertz CT molecular complexity index is 810. The van der Waals surface area contributed by atoms with E-state index in [9.17, 15) is 4.79 Å². The van der Waals surface area contributed by atoms with E-state index >= 15 is 0 Å². The van der Waals surface area contributed by atoms with E-state index < -0.39 is 0 Å². The number of aromatic nitrogens is 2. The molecule has 1 aromatic heterocycles. The molecule has 0 bridgehead atoms. The Morgan fingerprint density at radius 1 is 1.00 bits per heavy atom. The van der Waals surface area contributed by atoms with Crippen molar-refractivity contribution in [3.8, 4) is 11.1 Å². The minimum absolute atomic E-state index is 0.0634. The van der Waals surface area contributed by atoms with Crippen LogP contribution in [0.15, 0.2) is 70.7 Å². The summed E-state index contributed by atoms with van der Waals surface area (Å²) in [6, 6.07) is 18.5. The summed E-state index contributed by atoms with van der Waals surface area (Å²) in [7, 11) is 0. The first kappa shape index (κ1) is 14.6. The molecule has 3 rings (SSSR count). The van der Waals surface area contributed by atoms with E-state index in [0.717, 1.165) is 5.56 Å². The molecule has 0 saturated carbocycles. The molecular formula is C18H16N2OS. The van der Waals surface area contributed by atoms with Gasteiger partial charge >= 0.3 is 0 Å². The van der Waals surface area contributed by atoms with E-state index in [4.69, 9.17) is 0 Å². The third kappa shape index (κ3) is 3.28. The summed E-state index contributed by atoms with van der Waals surface area (Å²) in [6.07, 6.45) is 4.14. The van der Waals surface area contributed by atoms with E-state index in [0.29, 0.717) is 17.1 Å². The lowest BCUT2D eigenvalue weighted by Crippen LogP contribution is -2.14. The van der Waals surface area contributed by atoms with Crippen LogP contribution in [0.4, 0.5) is 0 Å². The molecule has 0 unspecified atom stereocenters. The van der Waals surface area contributed by atoms with Crippen molar-refractivity contribution in [3.63, 3.8) is 0 Å². The lowest BCUT2D eigenvalue weighted by atomic mass is 10.0. The lowest BCUT2D eigenvalue weighted by molar-refractivity contribution is 0.902. The summed E-state index contributed by atoms with van der Waals surface area (Å²) in [5.41, 5.74) is 4.09. The topological polar surface area (TPSA) is 45.8 Å². The van der Waals surface area contributed by atoms with E-state index in [2.05, 4.69) is 46.4 Å². The van der Waals surface area contributed by atoms with E-state index in [-0.39, 0.29) is 5.56 Å². The zero-order valence-electron chi connectivity index (χ0n) is 12.2. The van der Waals surface area contributed by atoms with Crippen LogP contribution in [0.1, 0.15) is 11.1 Å². The first-order valence-electron chi connectivity index (χ1n) is 7.03. The number of aromatic amines is 1. The van der Waals surface area contributed by atoms with Gasteiger partial charge in [0, 0.05) is 18.2 Å². The normalized spacial score (nSPS) is 10.6. The van der Waals surface area contributed by atoms with Gasteiger partial charge in [0.05, 0.1) is 0 Å². The smallest absolute Gasteiger partial charge is 0.255 e. The summed E-state index contributed by atoms with van der Waals surface area (Å²) in [5.74, 6) is 0. The van der Waals surface area contributed by atoms with Crippen molar-refractivity contribution in [1.82, 2.24) is 9.97 Å². The molecule has 0 spiro atoms. The van der Waals surface area contributed by atoms with Gasteiger partial charge in [-0.25, -0.2) is 4.98 Å². The van der Waals surface area contributed by atoms with Crippen LogP contribution in [-0.2, 0) is 6.42 Å². The fourth-order valence-electron chi connectivity index (χ4n) is 2.30. The molecule has 3 aromatic rings. The van der Waals surface area contributed by atoms with Gasteiger partial charge in [-0.3, -0.25) is 4.79 Å². The molecule has 110 valence electrons. The molecule has 0 amide bonds. The third-order valence-electron chi connectivity index (χ3n) is 3.50. The van der Waals surface area contributed by atoms with Crippen molar-refractivity contribution >= 4 is 11.8 Å². The standard InChI is InChI=1S/C18H16N2OS/c1-22-18-19-12-16(17(21)20-18)11-13-7-9-15(10-8-13)14-5-3-2-4-6-14/h2-10,12H,11H2,1H3,(H,19,20,21). The maximum absolute atomic E-state index is 12.0. The highest BCUT2D eigenvalue weighted by molar-refractivity contribution is 7.98. The Kier molecular flexibility index (Phi) is 4.39. The second-order valence-corrected chi connectivity index (χ2v) is 5.78. The number of benzene rings is 2. The quantitative estimate of drug-likeness (QED) is 0.590. The number of thioether (sulfide) groups is 1. The highest BCUT2D eigenvalue weighted by Crippen LogP contribution is 2.20. The molecule has 0 saturated heterocycles. The molecule has 22 heavy (non-hydrogen) atoms. The number of hydrogen-bond acceptors (Lipinski definition) is 3. The van der Waals surface area contributed by atoms with E-state index in [1.165, 1.54) is 22.9 Å². The van der Waals surface area contributed by atoms with Gasteiger partial charge < -0.3 is 4.98 Å². The van der Waals surface area contributed by atoms with Gasteiger partial charge in [-0.2, -0.15) is 0 Å². The average Bonchev–Trinajstić information content (AvgIpc) is 2.58. The van der Waals surface area contributed by atoms with Crippen LogP contribution < -0.4 is 5.56 Å². The molecule has 2 aromatic carbocycles. The molecular weight excluding hydrogens is 292 g/mol. The van der Waals surface area contributed by atoms with E-state index in [1.807, 2.05) is 24.5 Å². The second kappa shape index (κ2) is 6.62. The van der Waals surface area contributed by atoms with Crippen molar-refractivity contribution in [2.45, 2.75) is 11.6 Å². The zero-order chi connectivity index (χ0) is 15.4. The Labute approximate surface area is 133 Å². The van der Waals surface area contributed by atoms with Crippen molar-refractivity contribution < 1.29 is 0 Å². The largest absolute Gasteiger partial charge is 0.301 e. The highest BCUT2D eigenvalue weighted by Gasteiger charge is 2.04. The van der Waals surface area contributed by atoms with Crippen molar-refractivity contribution in [2.24, 2.45) is 0 Å². The number of nitrogens with one attached hydrogen (secondary N) is 1. The molecule has 0 aliphatic carbocycles.